The smallest absolute Gasteiger partial charge is 0.257 e. The molecule has 0 unspecified atom stereocenters. The second-order valence-corrected chi connectivity index (χ2v) is 12.5. The molecule has 1 aliphatic carbocycles. The molecular weight excluding hydrogens is 598 g/mol. The first-order valence-electron chi connectivity index (χ1n) is 17.8. The summed E-state index contributed by atoms with van der Waals surface area (Å²) in [6.45, 7) is 8.06. The van der Waals surface area contributed by atoms with E-state index in [1.54, 1.807) is 13.3 Å². The van der Waals surface area contributed by atoms with Crippen molar-refractivity contribution in [1.29, 1.82) is 0 Å². The SMILES string of the molecule is CCCN(CCCCCCNCCOc1ncccc1OC)[C@H]1CCc2c(ccc(OCc3ccccc3)c2OCc2ccccc2)C1. The van der Waals surface area contributed by atoms with Crippen LogP contribution in [0.5, 0.6) is 23.1 Å². The Morgan fingerprint density at radius 3 is 2.25 bits per heavy atom. The average molecular weight is 652 g/mol. The van der Waals surface area contributed by atoms with Crippen LogP contribution in [0.4, 0.5) is 0 Å². The monoisotopic (exact) mass is 651 g/mol. The third-order valence-corrected chi connectivity index (χ3v) is 9.02. The van der Waals surface area contributed by atoms with Crippen molar-refractivity contribution in [3.63, 3.8) is 0 Å². The van der Waals surface area contributed by atoms with Crippen molar-refractivity contribution in [3.05, 3.63) is 113 Å². The van der Waals surface area contributed by atoms with Crippen LogP contribution in [0, 0.1) is 0 Å². The molecule has 256 valence electrons. The van der Waals surface area contributed by atoms with E-state index in [9.17, 15) is 0 Å². The molecule has 1 aliphatic rings. The van der Waals surface area contributed by atoms with Gasteiger partial charge < -0.3 is 29.2 Å². The third kappa shape index (κ3) is 10.7. The topological polar surface area (TPSA) is 65.1 Å². The zero-order chi connectivity index (χ0) is 33.2. The van der Waals surface area contributed by atoms with Crippen LogP contribution in [0.2, 0.25) is 0 Å². The first-order valence-corrected chi connectivity index (χ1v) is 17.8. The minimum atomic E-state index is 0.528. The third-order valence-electron chi connectivity index (χ3n) is 9.02. The molecule has 0 spiro atoms. The van der Waals surface area contributed by atoms with E-state index in [0.717, 1.165) is 62.5 Å². The number of nitrogens with zero attached hydrogens (tertiary/aromatic N) is 2. The van der Waals surface area contributed by atoms with Crippen LogP contribution in [0.25, 0.3) is 0 Å². The van der Waals surface area contributed by atoms with Gasteiger partial charge in [-0.1, -0.05) is 86.5 Å². The van der Waals surface area contributed by atoms with Gasteiger partial charge >= 0.3 is 0 Å². The molecule has 1 aromatic heterocycles. The maximum Gasteiger partial charge on any atom is 0.257 e. The lowest BCUT2D eigenvalue weighted by Gasteiger charge is -2.36. The lowest BCUT2D eigenvalue weighted by atomic mass is 9.86. The van der Waals surface area contributed by atoms with Gasteiger partial charge in [0.05, 0.1) is 7.11 Å². The van der Waals surface area contributed by atoms with Crippen molar-refractivity contribution in [1.82, 2.24) is 15.2 Å². The summed E-state index contributed by atoms with van der Waals surface area (Å²) in [5.41, 5.74) is 5.04. The number of methoxy groups -OCH3 is 1. The van der Waals surface area contributed by atoms with E-state index in [0.29, 0.717) is 37.5 Å². The van der Waals surface area contributed by atoms with Crippen LogP contribution in [0.15, 0.2) is 91.1 Å². The van der Waals surface area contributed by atoms with Gasteiger partial charge in [-0.25, -0.2) is 4.98 Å². The fourth-order valence-corrected chi connectivity index (χ4v) is 6.50. The van der Waals surface area contributed by atoms with Gasteiger partial charge in [-0.15, -0.1) is 0 Å². The van der Waals surface area contributed by atoms with E-state index < -0.39 is 0 Å². The molecule has 0 bridgehead atoms. The van der Waals surface area contributed by atoms with Gasteiger partial charge in [0.1, 0.15) is 19.8 Å². The van der Waals surface area contributed by atoms with Crippen LogP contribution < -0.4 is 24.3 Å². The molecule has 0 saturated carbocycles. The highest BCUT2D eigenvalue weighted by molar-refractivity contribution is 5.52. The molecule has 0 aliphatic heterocycles. The van der Waals surface area contributed by atoms with Crippen molar-refractivity contribution in [3.8, 4) is 23.1 Å². The van der Waals surface area contributed by atoms with Gasteiger partial charge in [0, 0.05) is 24.3 Å². The molecule has 4 aromatic rings. The fourth-order valence-electron chi connectivity index (χ4n) is 6.50. The first kappa shape index (κ1) is 35.2. The number of hydrogen-bond donors (Lipinski definition) is 1. The normalized spacial score (nSPS) is 14.0. The number of benzene rings is 3. The van der Waals surface area contributed by atoms with E-state index in [-0.39, 0.29) is 0 Å². The van der Waals surface area contributed by atoms with Crippen LogP contribution in [-0.2, 0) is 26.1 Å². The highest BCUT2D eigenvalue weighted by atomic mass is 16.5. The molecule has 48 heavy (non-hydrogen) atoms. The summed E-state index contributed by atoms with van der Waals surface area (Å²) in [7, 11) is 1.63. The van der Waals surface area contributed by atoms with Crippen LogP contribution in [-0.4, -0.2) is 55.8 Å². The molecule has 1 N–H and O–H groups in total. The Labute approximate surface area is 287 Å². The molecule has 0 radical (unpaired) electrons. The number of rotatable bonds is 21. The van der Waals surface area contributed by atoms with Gasteiger partial charge in [0.25, 0.3) is 5.88 Å². The zero-order valence-corrected chi connectivity index (χ0v) is 28.9. The maximum absolute atomic E-state index is 6.56. The number of unbranched alkanes of at least 4 members (excludes halogenated alkanes) is 3. The molecule has 1 atom stereocenters. The van der Waals surface area contributed by atoms with Gasteiger partial charge in [0.15, 0.2) is 17.2 Å². The van der Waals surface area contributed by atoms with Crippen molar-refractivity contribution in [2.45, 2.75) is 77.5 Å². The summed E-state index contributed by atoms with van der Waals surface area (Å²) >= 11 is 0. The van der Waals surface area contributed by atoms with E-state index in [1.165, 1.54) is 48.8 Å². The molecule has 7 heteroatoms. The van der Waals surface area contributed by atoms with Crippen LogP contribution >= 0.6 is 0 Å². The minimum absolute atomic E-state index is 0.528. The highest BCUT2D eigenvalue weighted by Gasteiger charge is 2.27. The molecular formula is C41H53N3O4. The Bertz CT molecular complexity index is 1480. The molecule has 0 fully saturated rings. The zero-order valence-electron chi connectivity index (χ0n) is 28.9. The maximum atomic E-state index is 6.56. The standard InChI is InChI=1S/C41H53N3O4/c1-3-27-44(28-13-5-4-12-24-42-26-29-46-41-39(45-2)19-14-25-43-41)36-21-22-37-35(30-36)20-23-38(47-31-33-15-8-6-9-16-33)40(37)48-32-34-17-10-7-11-18-34/h6-11,14-20,23,25,36,42H,3-5,12-13,21-22,24,26-32H2,1-2H3/t36-/m0/s1. The lowest BCUT2D eigenvalue weighted by Crippen LogP contribution is -2.40. The second kappa shape index (κ2) is 19.7. The summed E-state index contributed by atoms with van der Waals surface area (Å²) in [4.78, 5) is 6.99. The van der Waals surface area contributed by atoms with Crippen LogP contribution in [0.3, 0.4) is 0 Å². The molecule has 0 amide bonds. The number of aromatic nitrogens is 1. The predicted molar refractivity (Wildman–Crippen MR) is 193 cm³/mol. The largest absolute Gasteiger partial charge is 0.491 e. The average Bonchev–Trinajstić information content (AvgIpc) is 3.14. The van der Waals surface area contributed by atoms with E-state index in [1.807, 2.05) is 24.3 Å². The summed E-state index contributed by atoms with van der Waals surface area (Å²) in [6, 6.07) is 29.5. The molecule has 7 nitrogen and oxygen atoms in total. The molecule has 1 heterocycles. The number of ether oxygens (including phenoxy) is 4. The summed E-state index contributed by atoms with van der Waals surface area (Å²) in [5.74, 6) is 2.98. The molecule has 5 rings (SSSR count). The Morgan fingerprint density at radius 2 is 1.50 bits per heavy atom. The Balaban J connectivity index is 1.08. The van der Waals surface area contributed by atoms with Gasteiger partial charge in [0.2, 0.25) is 0 Å². The molecule has 3 aromatic carbocycles. The fraction of sp³-hybridized carbons (Fsp3) is 0.439. The minimum Gasteiger partial charge on any atom is -0.491 e. The number of nitrogens with one attached hydrogen (secondary N) is 1. The van der Waals surface area contributed by atoms with Crippen molar-refractivity contribution in [2.24, 2.45) is 0 Å². The summed E-state index contributed by atoms with van der Waals surface area (Å²) in [6.07, 6.45) is 11.0. The van der Waals surface area contributed by atoms with Crippen molar-refractivity contribution >= 4 is 0 Å². The van der Waals surface area contributed by atoms with Gasteiger partial charge in [-0.05, 0) is 93.0 Å². The van der Waals surface area contributed by atoms with Gasteiger partial charge in [-0.3, -0.25) is 0 Å². The Hall–Kier alpha value is -4.07. The van der Waals surface area contributed by atoms with Crippen molar-refractivity contribution < 1.29 is 18.9 Å². The second-order valence-electron chi connectivity index (χ2n) is 12.5. The number of fused-ring (bicyclic) bond motifs is 1. The van der Waals surface area contributed by atoms with E-state index in [4.69, 9.17) is 18.9 Å². The quantitative estimate of drug-likeness (QED) is 0.0915. The predicted octanol–water partition coefficient (Wildman–Crippen LogP) is 8.05. The summed E-state index contributed by atoms with van der Waals surface area (Å²) < 4.78 is 24.0. The molecule has 0 saturated heterocycles. The van der Waals surface area contributed by atoms with E-state index >= 15 is 0 Å². The number of pyridine rings is 1. The van der Waals surface area contributed by atoms with Crippen LogP contribution in [0.1, 0.15) is 67.7 Å². The summed E-state index contributed by atoms with van der Waals surface area (Å²) in [5, 5.41) is 3.49. The lowest BCUT2D eigenvalue weighted by molar-refractivity contribution is 0.174. The number of hydrogen-bond acceptors (Lipinski definition) is 7. The van der Waals surface area contributed by atoms with Gasteiger partial charge in [-0.2, -0.15) is 0 Å². The first-order chi connectivity index (χ1) is 23.7. The highest BCUT2D eigenvalue weighted by Crippen LogP contribution is 2.39. The Kier molecular flexibility index (Phi) is 14.4. The van der Waals surface area contributed by atoms with E-state index in [2.05, 4.69) is 82.8 Å². The Morgan fingerprint density at radius 1 is 0.750 bits per heavy atom. The van der Waals surface area contributed by atoms with Crippen molar-refractivity contribution in [2.75, 3.05) is 39.9 Å².